The molecule has 1 heterocycles. The number of nitrogens with two attached hydrogens (primary N) is 1. The van der Waals surface area contributed by atoms with Crippen LogP contribution in [0.25, 0.3) is 0 Å². The van der Waals surface area contributed by atoms with E-state index in [-0.39, 0.29) is 18.0 Å². The maximum absolute atomic E-state index is 13.5. The van der Waals surface area contributed by atoms with E-state index in [2.05, 4.69) is 22.3 Å². The van der Waals surface area contributed by atoms with E-state index in [9.17, 15) is 9.18 Å². The molecule has 1 aromatic carbocycles. The summed E-state index contributed by atoms with van der Waals surface area (Å²) in [6.45, 7) is 0.145. The molecule has 0 saturated carbocycles. The largest absolute Gasteiger partial charge is 0.322 e. The Bertz CT molecular complexity index is 697. The normalized spacial score (nSPS) is 9.75. The van der Waals surface area contributed by atoms with Crippen LogP contribution in [0.4, 0.5) is 10.1 Å². The highest BCUT2D eigenvalue weighted by Gasteiger charge is 2.09. The molecule has 0 aliphatic heterocycles. The second-order valence-electron chi connectivity index (χ2n) is 4.06. The lowest BCUT2D eigenvalue weighted by atomic mass is 10.2. The van der Waals surface area contributed by atoms with Crippen molar-refractivity contribution in [1.29, 1.82) is 0 Å². The number of nitrogens with zero attached hydrogens (tertiary/aromatic N) is 2. The molecular formula is C14H13FN4O. The first-order valence-electron chi connectivity index (χ1n) is 5.88. The Kier molecular flexibility index (Phi) is 4.13. The molecule has 0 fully saturated rings. The summed E-state index contributed by atoms with van der Waals surface area (Å²) in [6, 6.07) is 4.18. The van der Waals surface area contributed by atoms with E-state index in [1.807, 2.05) is 0 Å². The lowest BCUT2D eigenvalue weighted by Crippen LogP contribution is -2.11. The van der Waals surface area contributed by atoms with E-state index in [0.29, 0.717) is 11.3 Å². The van der Waals surface area contributed by atoms with E-state index < -0.39 is 5.82 Å². The summed E-state index contributed by atoms with van der Waals surface area (Å²) in [5.41, 5.74) is 6.32. The highest BCUT2D eigenvalue weighted by Crippen LogP contribution is 2.15. The van der Waals surface area contributed by atoms with Crippen LogP contribution in [0, 0.1) is 17.7 Å². The van der Waals surface area contributed by atoms with Crippen molar-refractivity contribution in [2.45, 2.75) is 0 Å². The molecule has 0 bridgehead atoms. The maximum atomic E-state index is 13.5. The van der Waals surface area contributed by atoms with Gasteiger partial charge in [-0.1, -0.05) is 11.8 Å². The minimum atomic E-state index is -0.453. The number of aryl methyl sites for hydroxylation is 1. The van der Waals surface area contributed by atoms with Gasteiger partial charge < -0.3 is 11.1 Å². The van der Waals surface area contributed by atoms with Crippen molar-refractivity contribution in [1.82, 2.24) is 9.78 Å². The number of benzene rings is 1. The Labute approximate surface area is 115 Å². The van der Waals surface area contributed by atoms with Crippen LogP contribution < -0.4 is 11.1 Å². The third kappa shape index (κ3) is 3.22. The molecule has 6 heteroatoms. The van der Waals surface area contributed by atoms with Crippen LogP contribution >= 0.6 is 0 Å². The van der Waals surface area contributed by atoms with Crippen LogP contribution in [-0.2, 0) is 7.05 Å². The molecule has 0 radical (unpaired) electrons. The van der Waals surface area contributed by atoms with Gasteiger partial charge in [0.05, 0.1) is 23.9 Å². The summed E-state index contributed by atoms with van der Waals surface area (Å²) in [6.07, 6.45) is 3.04. The van der Waals surface area contributed by atoms with E-state index in [1.165, 1.54) is 29.1 Å². The van der Waals surface area contributed by atoms with Crippen molar-refractivity contribution in [2.75, 3.05) is 11.9 Å². The Morgan fingerprint density at radius 2 is 2.35 bits per heavy atom. The number of rotatable bonds is 2. The zero-order valence-electron chi connectivity index (χ0n) is 10.9. The molecule has 0 aliphatic carbocycles. The molecule has 2 aromatic rings. The van der Waals surface area contributed by atoms with Crippen LogP contribution in [0.1, 0.15) is 15.9 Å². The van der Waals surface area contributed by atoms with E-state index in [1.54, 1.807) is 13.2 Å². The summed E-state index contributed by atoms with van der Waals surface area (Å²) in [7, 11) is 1.72. The number of amides is 1. The molecule has 0 aliphatic rings. The van der Waals surface area contributed by atoms with Crippen LogP contribution in [0.15, 0.2) is 30.6 Å². The standard InChI is InChI=1S/C14H13FN4O/c1-19-9-11(8-17-19)14(20)18-12-4-5-13(15)10(7-12)3-2-6-16/h4-5,7-9H,6,16H2,1H3,(H,18,20). The summed E-state index contributed by atoms with van der Waals surface area (Å²) < 4.78 is 15.0. The Morgan fingerprint density at radius 1 is 1.55 bits per heavy atom. The molecule has 5 nitrogen and oxygen atoms in total. The van der Waals surface area contributed by atoms with Crippen LogP contribution in [0.5, 0.6) is 0 Å². The van der Waals surface area contributed by atoms with Gasteiger partial charge >= 0.3 is 0 Å². The Morgan fingerprint density at radius 3 is 3.00 bits per heavy atom. The molecule has 20 heavy (non-hydrogen) atoms. The lowest BCUT2D eigenvalue weighted by Gasteiger charge is -2.04. The summed E-state index contributed by atoms with van der Waals surface area (Å²) in [4.78, 5) is 11.9. The number of nitrogens with one attached hydrogen (secondary N) is 1. The number of halogens is 1. The number of aromatic nitrogens is 2. The first-order chi connectivity index (χ1) is 9.60. The van der Waals surface area contributed by atoms with E-state index >= 15 is 0 Å². The highest BCUT2D eigenvalue weighted by atomic mass is 19.1. The molecule has 102 valence electrons. The molecule has 1 amide bonds. The predicted molar refractivity (Wildman–Crippen MR) is 73.5 cm³/mol. The number of hydrogen-bond acceptors (Lipinski definition) is 3. The first kappa shape index (κ1) is 13.8. The Hall–Kier alpha value is -2.65. The lowest BCUT2D eigenvalue weighted by molar-refractivity contribution is 0.102. The van der Waals surface area contributed by atoms with Crippen molar-refractivity contribution >= 4 is 11.6 Å². The summed E-state index contributed by atoms with van der Waals surface area (Å²) in [5, 5.41) is 6.57. The van der Waals surface area contributed by atoms with Gasteiger partial charge in [0, 0.05) is 18.9 Å². The maximum Gasteiger partial charge on any atom is 0.258 e. The average molecular weight is 272 g/mol. The summed E-state index contributed by atoms with van der Waals surface area (Å²) in [5.74, 6) is 4.41. The number of anilines is 1. The number of carbonyl (C=O) groups is 1. The summed E-state index contributed by atoms with van der Waals surface area (Å²) >= 11 is 0. The SMILES string of the molecule is Cn1cc(C(=O)Nc2ccc(F)c(C#CCN)c2)cn1. The Balaban J connectivity index is 2.19. The van der Waals surface area contributed by atoms with E-state index in [4.69, 9.17) is 5.73 Å². The van der Waals surface area contributed by atoms with Crippen molar-refractivity contribution in [3.05, 3.63) is 47.5 Å². The van der Waals surface area contributed by atoms with Gasteiger partial charge in [-0.25, -0.2) is 4.39 Å². The van der Waals surface area contributed by atoms with Gasteiger partial charge in [0.1, 0.15) is 5.82 Å². The van der Waals surface area contributed by atoms with Gasteiger partial charge in [-0.3, -0.25) is 9.48 Å². The number of hydrogen-bond donors (Lipinski definition) is 2. The zero-order chi connectivity index (χ0) is 14.5. The molecule has 1 aromatic heterocycles. The predicted octanol–water partition coefficient (Wildman–Crippen LogP) is 1.12. The van der Waals surface area contributed by atoms with Crippen molar-refractivity contribution in [2.24, 2.45) is 12.8 Å². The molecule has 0 unspecified atom stereocenters. The number of carbonyl (C=O) groups excluding carboxylic acids is 1. The molecule has 2 rings (SSSR count). The quantitative estimate of drug-likeness (QED) is 0.805. The second-order valence-corrected chi connectivity index (χ2v) is 4.06. The van der Waals surface area contributed by atoms with Gasteiger partial charge in [0.15, 0.2) is 0 Å². The highest BCUT2D eigenvalue weighted by molar-refractivity contribution is 6.04. The van der Waals surface area contributed by atoms with E-state index in [0.717, 1.165) is 0 Å². The fraction of sp³-hybridized carbons (Fsp3) is 0.143. The van der Waals surface area contributed by atoms with Gasteiger partial charge in [-0.05, 0) is 18.2 Å². The smallest absolute Gasteiger partial charge is 0.258 e. The minimum absolute atomic E-state index is 0.145. The van der Waals surface area contributed by atoms with Gasteiger partial charge in [0.2, 0.25) is 0 Å². The molecular weight excluding hydrogens is 259 g/mol. The first-order valence-corrected chi connectivity index (χ1v) is 5.88. The third-order valence-corrected chi connectivity index (χ3v) is 2.52. The van der Waals surface area contributed by atoms with Gasteiger partial charge in [-0.15, -0.1) is 0 Å². The fourth-order valence-electron chi connectivity index (χ4n) is 1.59. The minimum Gasteiger partial charge on any atom is -0.322 e. The second kappa shape index (κ2) is 5.99. The van der Waals surface area contributed by atoms with Crippen molar-refractivity contribution in [3.8, 4) is 11.8 Å². The molecule has 3 N–H and O–H groups in total. The monoisotopic (exact) mass is 272 g/mol. The third-order valence-electron chi connectivity index (χ3n) is 2.52. The molecule has 0 atom stereocenters. The fourth-order valence-corrected chi connectivity index (χ4v) is 1.59. The van der Waals surface area contributed by atoms with Crippen LogP contribution in [-0.4, -0.2) is 22.2 Å². The molecule has 0 saturated heterocycles. The van der Waals surface area contributed by atoms with Crippen LogP contribution in [0.3, 0.4) is 0 Å². The van der Waals surface area contributed by atoms with Crippen molar-refractivity contribution in [3.63, 3.8) is 0 Å². The topological polar surface area (TPSA) is 72.9 Å². The van der Waals surface area contributed by atoms with Crippen molar-refractivity contribution < 1.29 is 9.18 Å². The average Bonchev–Trinajstić information content (AvgIpc) is 2.86. The van der Waals surface area contributed by atoms with Gasteiger partial charge in [0.25, 0.3) is 5.91 Å². The van der Waals surface area contributed by atoms with Gasteiger partial charge in [-0.2, -0.15) is 5.10 Å². The zero-order valence-corrected chi connectivity index (χ0v) is 10.9. The molecule has 0 spiro atoms. The van der Waals surface area contributed by atoms with Crippen LogP contribution in [0.2, 0.25) is 0 Å².